The van der Waals surface area contributed by atoms with Gasteiger partial charge in [-0.3, -0.25) is 9.52 Å². The number of carbonyl (C=O) groups is 1. The molecule has 0 radical (unpaired) electrons. The van der Waals surface area contributed by atoms with Crippen LogP contribution >= 0.6 is 11.6 Å². The fourth-order valence-electron chi connectivity index (χ4n) is 3.18. The van der Waals surface area contributed by atoms with E-state index in [-0.39, 0.29) is 16.1 Å². The summed E-state index contributed by atoms with van der Waals surface area (Å²) in [6.07, 6.45) is 0. The Morgan fingerprint density at radius 2 is 1.46 bits per heavy atom. The predicted molar refractivity (Wildman–Crippen MR) is 136 cm³/mol. The van der Waals surface area contributed by atoms with Gasteiger partial charge in [0, 0.05) is 10.7 Å². The molecule has 0 aliphatic rings. The molecule has 0 saturated carbocycles. The first-order valence-electron chi connectivity index (χ1n) is 10.4. The van der Waals surface area contributed by atoms with E-state index in [1.807, 2.05) is 18.2 Å². The molecule has 178 valence electrons. The lowest BCUT2D eigenvalue weighted by Gasteiger charge is -2.15. The van der Waals surface area contributed by atoms with Gasteiger partial charge in [0.2, 0.25) is 0 Å². The van der Waals surface area contributed by atoms with Crippen molar-refractivity contribution in [1.29, 1.82) is 0 Å². The average molecular weight is 509 g/mol. The zero-order valence-corrected chi connectivity index (χ0v) is 20.1. The van der Waals surface area contributed by atoms with Crippen LogP contribution in [0.3, 0.4) is 0 Å². The van der Waals surface area contributed by atoms with Crippen LogP contribution in [0.4, 0.5) is 11.4 Å². The molecular weight excluding hydrogens is 488 g/mol. The molecule has 0 aliphatic carbocycles. The Labute approximate surface area is 208 Å². The van der Waals surface area contributed by atoms with E-state index < -0.39 is 15.9 Å². The van der Waals surface area contributed by atoms with E-state index in [9.17, 15) is 13.2 Å². The lowest BCUT2D eigenvalue weighted by atomic mass is 10.1. The summed E-state index contributed by atoms with van der Waals surface area (Å²) in [5, 5.41) is 3.28. The van der Waals surface area contributed by atoms with Gasteiger partial charge < -0.3 is 14.8 Å². The molecule has 0 aliphatic heterocycles. The van der Waals surface area contributed by atoms with Gasteiger partial charge in [-0.05, 0) is 78.9 Å². The van der Waals surface area contributed by atoms with E-state index in [2.05, 4.69) is 10.0 Å². The lowest BCUT2D eigenvalue weighted by Crippen LogP contribution is -2.18. The number of rotatable bonds is 8. The molecule has 1 amide bonds. The number of amides is 1. The van der Waals surface area contributed by atoms with Crippen LogP contribution in [0.15, 0.2) is 102 Å². The minimum atomic E-state index is -3.99. The summed E-state index contributed by atoms with van der Waals surface area (Å²) < 4.78 is 39.5. The predicted octanol–water partition coefficient (Wildman–Crippen LogP) is 6.19. The topological polar surface area (TPSA) is 93.7 Å². The fourth-order valence-corrected chi connectivity index (χ4v) is 4.38. The number of ether oxygens (including phenoxy) is 2. The summed E-state index contributed by atoms with van der Waals surface area (Å²) in [5.41, 5.74) is 0.663. The molecule has 0 saturated heterocycles. The number of hydrogen-bond acceptors (Lipinski definition) is 5. The van der Waals surface area contributed by atoms with E-state index in [4.69, 9.17) is 21.1 Å². The molecule has 9 heteroatoms. The zero-order valence-electron chi connectivity index (χ0n) is 18.6. The second-order valence-corrected chi connectivity index (χ2v) is 9.48. The van der Waals surface area contributed by atoms with Gasteiger partial charge in [0.1, 0.15) is 17.2 Å². The van der Waals surface area contributed by atoms with Crippen molar-refractivity contribution < 1.29 is 22.7 Å². The monoisotopic (exact) mass is 508 g/mol. The van der Waals surface area contributed by atoms with Gasteiger partial charge in [-0.25, -0.2) is 8.42 Å². The standard InChI is InChI=1S/C26H21ClN2O5S/c1-33-20-11-14-23(15-12-20)35(31,32)29-25-16-13-22(34-21-5-3-2-4-6-21)17-24(25)26(30)28-19-9-7-18(27)8-10-19/h2-17,29H,1H3,(H,28,30). The Morgan fingerprint density at radius 3 is 2.11 bits per heavy atom. The third-order valence-corrected chi connectivity index (χ3v) is 6.56. The van der Waals surface area contributed by atoms with Crippen molar-refractivity contribution in [3.8, 4) is 17.2 Å². The number of carbonyl (C=O) groups excluding carboxylic acids is 1. The van der Waals surface area contributed by atoms with E-state index >= 15 is 0 Å². The number of benzene rings is 4. The number of methoxy groups -OCH3 is 1. The lowest BCUT2D eigenvalue weighted by molar-refractivity contribution is 0.102. The minimum absolute atomic E-state index is 0.0203. The van der Waals surface area contributed by atoms with Gasteiger partial charge in [-0.15, -0.1) is 0 Å². The van der Waals surface area contributed by atoms with Gasteiger partial charge >= 0.3 is 0 Å². The maximum absolute atomic E-state index is 13.2. The summed E-state index contributed by atoms with van der Waals surface area (Å²) >= 11 is 5.92. The SMILES string of the molecule is COc1ccc(S(=O)(=O)Nc2ccc(Oc3ccccc3)cc2C(=O)Nc2ccc(Cl)cc2)cc1. The number of para-hydroxylation sites is 1. The molecule has 4 rings (SSSR count). The van der Waals surface area contributed by atoms with Crippen LogP contribution < -0.4 is 19.5 Å². The first-order valence-corrected chi connectivity index (χ1v) is 12.3. The molecular formula is C26H21ClN2O5S. The van der Waals surface area contributed by atoms with Crippen molar-refractivity contribution in [3.05, 3.63) is 108 Å². The number of nitrogens with one attached hydrogen (secondary N) is 2. The number of halogens is 1. The molecule has 7 nitrogen and oxygen atoms in total. The normalized spacial score (nSPS) is 10.9. The highest BCUT2D eigenvalue weighted by Gasteiger charge is 2.20. The van der Waals surface area contributed by atoms with Crippen molar-refractivity contribution in [3.63, 3.8) is 0 Å². The Kier molecular flexibility index (Phi) is 7.24. The highest BCUT2D eigenvalue weighted by atomic mass is 35.5. The minimum Gasteiger partial charge on any atom is -0.497 e. The van der Waals surface area contributed by atoms with E-state index in [0.29, 0.717) is 28.0 Å². The molecule has 0 bridgehead atoms. The Hall–Kier alpha value is -4.01. The Bertz CT molecular complexity index is 1430. The summed E-state index contributed by atoms with van der Waals surface area (Å²) in [5.74, 6) is 0.931. The number of sulfonamides is 1. The quantitative estimate of drug-likeness (QED) is 0.296. The largest absolute Gasteiger partial charge is 0.497 e. The van der Waals surface area contributed by atoms with Crippen LogP contribution in [0.2, 0.25) is 5.02 Å². The molecule has 0 spiro atoms. The second kappa shape index (κ2) is 10.5. The molecule has 0 heterocycles. The van der Waals surface area contributed by atoms with E-state index in [1.54, 1.807) is 54.6 Å². The van der Waals surface area contributed by atoms with Crippen LogP contribution in [0.1, 0.15) is 10.4 Å². The highest BCUT2D eigenvalue weighted by molar-refractivity contribution is 7.92. The van der Waals surface area contributed by atoms with Gasteiger partial charge in [-0.2, -0.15) is 0 Å². The molecule has 4 aromatic rings. The van der Waals surface area contributed by atoms with Crippen molar-refractivity contribution in [2.75, 3.05) is 17.1 Å². The van der Waals surface area contributed by atoms with Crippen LogP contribution in [-0.2, 0) is 10.0 Å². The van der Waals surface area contributed by atoms with Crippen LogP contribution in [0.5, 0.6) is 17.2 Å². The van der Waals surface area contributed by atoms with Crippen molar-refractivity contribution in [2.45, 2.75) is 4.90 Å². The van der Waals surface area contributed by atoms with Crippen LogP contribution in [0, 0.1) is 0 Å². The van der Waals surface area contributed by atoms with Gasteiger partial charge in [0.15, 0.2) is 0 Å². The maximum atomic E-state index is 13.2. The Morgan fingerprint density at radius 1 is 0.800 bits per heavy atom. The van der Waals surface area contributed by atoms with Crippen LogP contribution in [0.25, 0.3) is 0 Å². The maximum Gasteiger partial charge on any atom is 0.261 e. The fraction of sp³-hybridized carbons (Fsp3) is 0.0385. The number of anilines is 2. The Balaban J connectivity index is 1.67. The van der Waals surface area contributed by atoms with Gasteiger partial charge in [-0.1, -0.05) is 29.8 Å². The summed E-state index contributed by atoms with van der Waals surface area (Å²) in [6, 6.07) is 26.1. The molecule has 4 aromatic carbocycles. The molecule has 35 heavy (non-hydrogen) atoms. The molecule has 0 aromatic heterocycles. The first kappa shape index (κ1) is 24.1. The highest BCUT2D eigenvalue weighted by Crippen LogP contribution is 2.29. The third-order valence-electron chi connectivity index (χ3n) is 4.93. The van der Waals surface area contributed by atoms with E-state index in [1.165, 1.54) is 31.4 Å². The molecule has 0 atom stereocenters. The smallest absolute Gasteiger partial charge is 0.261 e. The van der Waals surface area contributed by atoms with Crippen molar-refractivity contribution >= 4 is 38.9 Å². The summed E-state index contributed by atoms with van der Waals surface area (Å²) in [7, 11) is -2.50. The summed E-state index contributed by atoms with van der Waals surface area (Å²) in [6.45, 7) is 0. The zero-order chi connectivity index (χ0) is 24.8. The molecule has 0 fully saturated rings. The number of hydrogen-bond donors (Lipinski definition) is 2. The second-order valence-electron chi connectivity index (χ2n) is 7.36. The van der Waals surface area contributed by atoms with Crippen molar-refractivity contribution in [1.82, 2.24) is 0 Å². The van der Waals surface area contributed by atoms with Crippen molar-refractivity contribution in [2.24, 2.45) is 0 Å². The first-order chi connectivity index (χ1) is 16.8. The molecule has 0 unspecified atom stereocenters. The third kappa shape index (κ3) is 6.11. The van der Waals surface area contributed by atoms with E-state index in [0.717, 1.165) is 0 Å². The van der Waals surface area contributed by atoms with Gasteiger partial charge in [0.25, 0.3) is 15.9 Å². The van der Waals surface area contributed by atoms with Gasteiger partial charge in [0.05, 0.1) is 23.3 Å². The van der Waals surface area contributed by atoms with Crippen LogP contribution in [-0.4, -0.2) is 21.4 Å². The average Bonchev–Trinajstić information content (AvgIpc) is 2.87. The summed E-state index contributed by atoms with van der Waals surface area (Å²) in [4.78, 5) is 13.2. The molecule has 2 N–H and O–H groups in total.